The van der Waals surface area contributed by atoms with Gasteiger partial charge in [0.2, 0.25) is 0 Å². The number of hydrogen-bond acceptors (Lipinski definition) is 6. The Balaban J connectivity index is 1.40. The normalized spacial score (nSPS) is 22.4. The maximum absolute atomic E-state index is 5.21. The van der Waals surface area contributed by atoms with Gasteiger partial charge in [-0.2, -0.15) is 0 Å². The second-order valence-corrected chi connectivity index (χ2v) is 10.3. The number of nitrogens with zero attached hydrogens (tertiary/aromatic N) is 5. The molecule has 5 heterocycles. The second kappa shape index (κ2) is 8.07. The minimum Gasteiger partial charge on any atom is -0.344 e. The number of nitrogens with one attached hydrogen (secondary N) is 3. The van der Waals surface area contributed by atoms with Gasteiger partial charge in [0.15, 0.2) is 11.7 Å². The summed E-state index contributed by atoms with van der Waals surface area (Å²) in [7, 11) is 0. The number of aromatic nitrogens is 2. The lowest BCUT2D eigenvalue weighted by Gasteiger charge is -2.11. The molecule has 0 spiro atoms. The van der Waals surface area contributed by atoms with Crippen LogP contribution in [0.15, 0.2) is 121 Å². The van der Waals surface area contributed by atoms with Gasteiger partial charge in [-0.3, -0.25) is 0 Å². The van der Waals surface area contributed by atoms with E-state index in [2.05, 4.69) is 51.7 Å². The van der Waals surface area contributed by atoms with Crippen molar-refractivity contribution in [2.45, 2.75) is 19.0 Å². The third-order valence-corrected chi connectivity index (χ3v) is 7.96. The summed E-state index contributed by atoms with van der Waals surface area (Å²) in [6, 6.07) is 24.5. The molecule has 0 saturated heterocycles. The molecule has 3 aliphatic heterocycles. The van der Waals surface area contributed by atoms with Crippen molar-refractivity contribution in [1.29, 1.82) is 0 Å². The van der Waals surface area contributed by atoms with Crippen LogP contribution in [0.3, 0.4) is 0 Å². The monoisotopic (exact) mass is 518 g/mol. The maximum Gasteiger partial charge on any atom is 0.164 e. The molecule has 5 aromatic rings. The van der Waals surface area contributed by atoms with Gasteiger partial charge in [0, 0.05) is 38.2 Å². The van der Waals surface area contributed by atoms with Gasteiger partial charge in [-0.15, -0.1) is 0 Å². The Kier molecular flexibility index (Phi) is 4.35. The molecule has 8 heteroatoms. The Hall–Kier alpha value is -5.37. The fourth-order valence-corrected chi connectivity index (χ4v) is 6.06. The summed E-state index contributed by atoms with van der Waals surface area (Å²) in [4.78, 5) is 32.4. The lowest BCUT2D eigenvalue weighted by Crippen LogP contribution is -2.30. The second-order valence-electron chi connectivity index (χ2n) is 10.3. The third kappa shape index (κ3) is 3.10. The summed E-state index contributed by atoms with van der Waals surface area (Å²) in [6.45, 7) is 0. The van der Waals surface area contributed by atoms with Crippen LogP contribution >= 0.6 is 0 Å². The molecular formula is C32H22N8. The Labute approximate surface area is 228 Å². The van der Waals surface area contributed by atoms with Gasteiger partial charge in [0.05, 0.1) is 0 Å². The van der Waals surface area contributed by atoms with Crippen LogP contribution in [0.25, 0.3) is 21.5 Å². The predicted octanol–water partition coefficient (Wildman–Crippen LogP) is 5.05. The van der Waals surface area contributed by atoms with Crippen molar-refractivity contribution in [2.75, 3.05) is 0 Å². The van der Waals surface area contributed by atoms with E-state index in [1.165, 1.54) is 5.57 Å². The van der Waals surface area contributed by atoms with E-state index >= 15 is 0 Å². The molecule has 8 bridgehead atoms. The summed E-state index contributed by atoms with van der Waals surface area (Å²) in [5.41, 5.74) is 5.76. The van der Waals surface area contributed by atoms with Gasteiger partial charge >= 0.3 is 0 Å². The molecule has 0 radical (unpaired) electrons. The standard InChI is InChI=1S/C32H22N8/c1-2-10-18-17(9-1)25-33-26(18)38-28-21-13-5-6-14-22(21)30(35-28)40-32-24-16-8-7-15-23(24)31(36-32)39-29-20-12-4-3-11-19(20)27(34-29)37-25/h1-7,9-15,32,34H,8,16H2,(H,36,39)(H,33,35,37,38,40). The van der Waals surface area contributed by atoms with E-state index < -0.39 is 0 Å². The zero-order chi connectivity index (χ0) is 26.2. The first-order chi connectivity index (χ1) is 19.8. The number of aliphatic imine (C=N–C) groups is 3. The van der Waals surface area contributed by atoms with Crippen LogP contribution in [0.5, 0.6) is 0 Å². The number of H-pyrrole nitrogens is 2. The molecule has 0 amide bonds. The molecule has 0 saturated carbocycles. The largest absolute Gasteiger partial charge is 0.344 e. The minimum atomic E-state index is -0.226. The predicted molar refractivity (Wildman–Crippen MR) is 158 cm³/mol. The van der Waals surface area contributed by atoms with Crippen LogP contribution in [0.4, 0.5) is 11.6 Å². The molecule has 1 atom stereocenters. The lowest BCUT2D eigenvalue weighted by atomic mass is 9.98. The van der Waals surface area contributed by atoms with Crippen molar-refractivity contribution < 1.29 is 0 Å². The summed E-state index contributed by atoms with van der Waals surface area (Å²) < 4.78 is 0. The van der Waals surface area contributed by atoms with Gasteiger partial charge in [0.25, 0.3) is 0 Å². The van der Waals surface area contributed by atoms with Crippen molar-refractivity contribution in [3.63, 3.8) is 0 Å². The highest BCUT2D eigenvalue weighted by atomic mass is 15.2. The van der Waals surface area contributed by atoms with Crippen LogP contribution in [0, 0.1) is 0 Å². The van der Waals surface area contributed by atoms with Gasteiger partial charge in [-0.05, 0) is 18.4 Å². The highest BCUT2D eigenvalue weighted by Gasteiger charge is 2.30. The fourth-order valence-electron chi connectivity index (χ4n) is 6.06. The molecule has 40 heavy (non-hydrogen) atoms. The molecule has 2 aromatic heterocycles. The topological polar surface area (TPSA) is 105 Å². The van der Waals surface area contributed by atoms with Gasteiger partial charge in [0.1, 0.15) is 34.6 Å². The van der Waals surface area contributed by atoms with E-state index in [4.69, 9.17) is 25.0 Å². The van der Waals surface area contributed by atoms with E-state index in [0.717, 1.165) is 79.5 Å². The summed E-state index contributed by atoms with van der Waals surface area (Å²) in [5.74, 6) is 3.52. The van der Waals surface area contributed by atoms with Crippen molar-refractivity contribution in [2.24, 2.45) is 25.0 Å². The highest BCUT2D eigenvalue weighted by Crippen LogP contribution is 2.37. The Morgan fingerprint density at radius 3 is 2.05 bits per heavy atom. The minimum absolute atomic E-state index is 0.226. The van der Waals surface area contributed by atoms with Crippen molar-refractivity contribution in [1.82, 2.24) is 15.3 Å². The van der Waals surface area contributed by atoms with Gasteiger partial charge in [-0.25, -0.2) is 25.0 Å². The summed E-state index contributed by atoms with van der Waals surface area (Å²) >= 11 is 0. The molecule has 3 N–H and O–H groups in total. The Morgan fingerprint density at radius 2 is 1.27 bits per heavy atom. The summed E-state index contributed by atoms with van der Waals surface area (Å²) in [6.07, 6.45) is 6.06. The first kappa shape index (κ1) is 21.6. The molecule has 9 rings (SSSR count). The Morgan fingerprint density at radius 1 is 0.625 bits per heavy atom. The molecule has 8 nitrogen and oxygen atoms in total. The van der Waals surface area contributed by atoms with Crippen molar-refractivity contribution >= 4 is 50.7 Å². The molecule has 1 unspecified atom stereocenters. The molecular weight excluding hydrogens is 496 g/mol. The summed E-state index contributed by atoms with van der Waals surface area (Å²) in [5, 5.41) is 7.63. The highest BCUT2D eigenvalue weighted by molar-refractivity contribution is 6.23. The van der Waals surface area contributed by atoms with Crippen LogP contribution in [0.2, 0.25) is 0 Å². The van der Waals surface area contributed by atoms with Gasteiger partial charge in [-0.1, -0.05) is 84.9 Å². The molecule has 190 valence electrons. The van der Waals surface area contributed by atoms with E-state index in [1.807, 2.05) is 48.5 Å². The Bertz CT molecular complexity index is 2200. The molecule has 1 aliphatic carbocycles. The zero-order valence-corrected chi connectivity index (χ0v) is 21.3. The fraction of sp³-hybridized carbons (Fsp3) is 0.0938. The van der Waals surface area contributed by atoms with Crippen molar-refractivity contribution in [3.05, 3.63) is 118 Å². The first-order valence-corrected chi connectivity index (χ1v) is 13.5. The van der Waals surface area contributed by atoms with E-state index in [9.17, 15) is 0 Å². The van der Waals surface area contributed by atoms with Crippen LogP contribution < -0.4 is 16.3 Å². The lowest BCUT2D eigenvalue weighted by molar-refractivity contribution is 0.690. The number of hydrogen-bond donors (Lipinski definition) is 3. The average molecular weight is 519 g/mol. The van der Waals surface area contributed by atoms with Crippen molar-refractivity contribution in [3.8, 4) is 0 Å². The molecule has 3 aromatic carbocycles. The van der Waals surface area contributed by atoms with E-state index in [-0.39, 0.29) is 6.17 Å². The zero-order valence-electron chi connectivity index (χ0n) is 21.3. The maximum atomic E-state index is 5.21. The van der Waals surface area contributed by atoms with E-state index in [0.29, 0.717) is 11.7 Å². The van der Waals surface area contributed by atoms with Crippen LogP contribution in [-0.4, -0.2) is 33.6 Å². The smallest absolute Gasteiger partial charge is 0.164 e. The first-order valence-electron chi connectivity index (χ1n) is 13.5. The molecule has 4 aliphatic rings. The molecule has 0 fully saturated rings. The van der Waals surface area contributed by atoms with Crippen LogP contribution in [0.1, 0.15) is 24.0 Å². The number of benzene rings is 3. The van der Waals surface area contributed by atoms with Crippen LogP contribution in [-0.2, 0) is 0 Å². The average Bonchev–Trinajstić information content (AvgIpc) is 3.73. The number of amidine groups is 3. The SMILES string of the molecule is C1=CC2=C(CC1)C1/N=c3\[nH]c(c4ccccc34)=NC3=N/C(=N\c4[nH]c(c5ccccc45)/N=C/2N1)c1ccccc13. The quantitative estimate of drug-likeness (QED) is 0.262. The number of allylic oxidation sites excluding steroid dienone is 1. The van der Waals surface area contributed by atoms with E-state index in [1.54, 1.807) is 0 Å². The number of rotatable bonds is 0. The number of fused-ring (bicyclic) bond motifs is 18. The number of aromatic amines is 2. The third-order valence-electron chi connectivity index (χ3n) is 7.96. The van der Waals surface area contributed by atoms with Gasteiger partial charge < -0.3 is 15.3 Å².